The number of alkyl halides is 3. The molecule has 0 spiro atoms. The maximum atomic E-state index is 13.0. The second kappa shape index (κ2) is 5.27. The molecular weight excluding hydrogens is 233 g/mol. The highest BCUT2D eigenvalue weighted by Crippen LogP contribution is 2.49. The van der Waals surface area contributed by atoms with E-state index in [9.17, 15) is 18.0 Å². The molecule has 17 heavy (non-hydrogen) atoms. The van der Waals surface area contributed by atoms with Crippen LogP contribution in [0.1, 0.15) is 47.0 Å². The third kappa shape index (κ3) is 3.36. The molecule has 0 aliphatic carbocycles. The van der Waals surface area contributed by atoms with Crippen LogP contribution in [0.5, 0.6) is 0 Å². The number of hydrogen-bond acceptors (Lipinski definition) is 2. The summed E-state index contributed by atoms with van der Waals surface area (Å²) in [7, 11) is 1.20. The summed E-state index contributed by atoms with van der Waals surface area (Å²) in [6.07, 6.45) is -4.29. The molecule has 102 valence electrons. The van der Waals surface area contributed by atoms with Crippen molar-refractivity contribution in [3.63, 3.8) is 0 Å². The van der Waals surface area contributed by atoms with Gasteiger partial charge in [-0.25, -0.2) is 0 Å². The van der Waals surface area contributed by atoms with Gasteiger partial charge < -0.3 is 4.74 Å². The lowest BCUT2D eigenvalue weighted by Crippen LogP contribution is -2.42. The van der Waals surface area contributed by atoms with E-state index in [1.54, 1.807) is 6.92 Å². The van der Waals surface area contributed by atoms with Gasteiger partial charge >= 0.3 is 12.1 Å². The van der Waals surface area contributed by atoms with Crippen molar-refractivity contribution in [3.8, 4) is 0 Å². The first kappa shape index (κ1) is 16.3. The number of methoxy groups -OCH3 is 1. The van der Waals surface area contributed by atoms with Crippen molar-refractivity contribution >= 4 is 5.97 Å². The quantitative estimate of drug-likeness (QED) is 0.694. The Morgan fingerprint density at radius 1 is 1.12 bits per heavy atom. The maximum absolute atomic E-state index is 13.0. The Morgan fingerprint density at radius 3 is 1.82 bits per heavy atom. The highest BCUT2D eigenvalue weighted by Gasteiger charge is 2.54. The summed E-state index contributed by atoms with van der Waals surface area (Å²) in [5.41, 5.74) is -2.94. The fourth-order valence-corrected chi connectivity index (χ4v) is 1.87. The minimum atomic E-state index is -4.31. The monoisotopic (exact) mass is 254 g/mol. The van der Waals surface area contributed by atoms with Crippen LogP contribution in [0.25, 0.3) is 0 Å². The molecule has 0 aromatic heterocycles. The molecule has 2 nitrogen and oxygen atoms in total. The van der Waals surface area contributed by atoms with Crippen molar-refractivity contribution in [2.24, 2.45) is 10.8 Å². The second-order valence-corrected chi connectivity index (χ2v) is 4.99. The highest BCUT2D eigenvalue weighted by atomic mass is 19.4. The van der Waals surface area contributed by atoms with Crippen LogP contribution in [-0.2, 0) is 9.53 Å². The van der Waals surface area contributed by atoms with E-state index >= 15 is 0 Å². The van der Waals surface area contributed by atoms with Crippen molar-refractivity contribution in [2.75, 3.05) is 7.11 Å². The molecule has 0 fully saturated rings. The van der Waals surface area contributed by atoms with E-state index in [1.807, 2.05) is 0 Å². The zero-order valence-electron chi connectivity index (χ0n) is 11.1. The van der Waals surface area contributed by atoms with E-state index in [4.69, 9.17) is 0 Å². The lowest BCUT2D eigenvalue weighted by Gasteiger charge is -2.38. The first-order valence-corrected chi connectivity index (χ1v) is 5.71. The van der Waals surface area contributed by atoms with Crippen LogP contribution in [0.15, 0.2) is 0 Å². The smallest absolute Gasteiger partial charge is 0.394 e. The van der Waals surface area contributed by atoms with E-state index in [2.05, 4.69) is 4.74 Å². The van der Waals surface area contributed by atoms with Crippen LogP contribution in [0.3, 0.4) is 0 Å². The summed E-state index contributed by atoms with van der Waals surface area (Å²) in [6.45, 7) is 5.87. The van der Waals surface area contributed by atoms with Crippen LogP contribution >= 0.6 is 0 Å². The number of rotatable bonds is 5. The molecule has 0 bridgehead atoms. The van der Waals surface area contributed by atoms with Gasteiger partial charge in [-0.3, -0.25) is 4.79 Å². The highest BCUT2D eigenvalue weighted by molar-refractivity contribution is 5.76. The van der Waals surface area contributed by atoms with Gasteiger partial charge in [0.05, 0.1) is 17.9 Å². The third-order valence-electron chi connectivity index (χ3n) is 3.70. The van der Waals surface area contributed by atoms with Gasteiger partial charge in [0.2, 0.25) is 0 Å². The average Bonchev–Trinajstić information content (AvgIpc) is 2.25. The van der Waals surface area contributed by atoms with E-state index in [1.165, 1.54) is 21.0 Å². The molecule has 0 aromatic carbocycles. The number of hydrogen-bond donors (Lipinski definition) is 0. The summed E-state index contributed by atoms with van der Waals surface area (Å²) in [4.78, 5) is 11.6. The molecule has 0 amide bonds. The Hall–Kier alpha value is -0.740. The Morgan fingerprint density at radius 2 is 1.59 bits per heavy atom. The summed E-state index contributed by atoms with van der Waals surface area (Å²) in [5.74, 6) is -0.580. The normalized spacial score (nSPS) is 19.3. The minimum absolute atomic E-state index is 0.0525. The molecule has 0 heterocycles. The second-order valence-electron chi connectivity index (χ2n) is 4.99. The Labute approximate surface area is 101 Å². The van der Waals surface area contributed by atoms with Crippen molar-refractivity contribution in [1.29, 1.82) is 0 Å². The summed E-state index contributed by atoms with van der Waals surface area (Å²) in [5, 5.41) is 0. The molecular formula is C12H21F3O2. The first-order valence-electron chi connectivity index (χ1n) is 5.71. The molecule has 0 radical (unpaired) electrons. The Kier molecular flexibility index (Phi) is 5.04. The third-order valence-corrected chi connectivity index (χ3v) is 3.70. The predicted octanol–water partition coefficient (Wildman–Crippen LogP) is 3.94. The summed E-state index contributed by atoms with van der Waals surface area (Å²) in [6, 6.07) is 0. The molecule has 0 aliphatic rings. The van der Waals surface area contributed by atoms with Gasteiger partial charge in [0.25, 0.3) is 0 Å². The summed E-state index contributed by atoms with van der Waals surface area (Å²) >= 11 is 0. The number of carbonyl (C=O) groups is 1. The Balaban J connectivity index is 5.18. The van der Waals surface area contributed by atoms with Gasteiger partial charge in [0.1, 0.15) is 0 Å². The number of carbonyl (C=O) groups excluding carboxylic acids is 1. The van der Waals surface area contributed by atoms with Crippen molar-refractivity contribution in [1.82, 2.24) is 0 Å². The van der Waals surface area contributed by atoms with E-state index in [0.717, 1.165) is 6.92 Å². The zero-order chi connectivity index (χ0) is 13.9. The van der Waals surface area contributed by atoms with Crippen molar-refractivity contribution in [3.05, 3.63) is 0 Å². The molecule has 0 saturated carbocycles. The average molecular weight is 254 g/mol. The number of halogens is 3. The first-order chi connectivity index (χ1) is 7.56. The molecule has 2 atom stereocenters. The lowest BCUT2D eigenvalue weighted by atomic mass is 9.70. The van der Waals surface area contributed by atoms with Gasteiger partial charge in [-0.1, -0.05) is 20.8 Å². The van der Waals surface area contributed by atoms with Crippen LogP contribution in [0.2, 0.25) is 0 Å². The van der Waals surface area contributed by atoms with E-state index < -0.39 is 23.0 Å². The van der Waals surface area contributed by atoms with Gasteiger partial charge in [-0.15, -0.1) is 0 Å². The number of ether oxygens (including phenoxy) is 1. The molecule has 0 rings (SSSR count). The van der Waals surface area contributed by atoms with Gasteiger partial charge in [0, 0.05) is 0 Å². The predicted molar refractivity (Wildman–Crippen MR) is 59.5 cm³/mol. The largest absolute Gasteiger partial charge is 0.469 e. The molecule has 2 unspecified atom stereocenters. The molecule has 0 N–H and O–H groups in total. The van der Waals surface area contributed by atoms with E-state index in [-0.39, 0.29) is 12.8 Å². The lowest BCUT2D eigenvalue weighted by molar-refractivity contribution is -0.230. The molecule has 5 heteroatoms. The topological polar surface area (TPSA) is 26.3 Å². The van der Waals surface area contributed by atoms with Gasteiger partial charge in [-0.2, -0.15) is 13.2 Å². The van der Waals surface area contributed by atoms with Crippen LogP contribution in [0, 0.1) is 10.8 Å². The molecule has 0 saturated heterocycles. The van der Waals surface area contributed by atoms with Gasteiger partial charge in [0.15, 0.2) is 0 Å². The van der Waals surface area contributed by atoms with Crippen LogP contribution < -0.4 is 0 Å². The van der Waals surface area contributed by atoms with Crippen molar-refractivity contribution in [2.45, 2.75) is 53.1 Å². The Bertz CT molecular complexity index is 275. The maximum Gasteiger partial charge on any atom is 0.394 e. The number of esters is 1. The van der Waals surface area contributed by atoms with Gasteiger partial charge in [-0.05, 0) is 26.2 Å². The zero-order valence-corrected chi connectivity index (χ0v) is 11.1. The standard InChI is InChI=1S/C12H21F3O2/c1-6-10(3,9(16)17-5)8-11(4,7-2)12(13,14)15/h6-8H2,1-5H3. The van der Waals surface area contributed by atoms with Crippen LogP contribution in [-0.4, -0.2) is 19.3 Å². The minimum Gasteiger partial charge on any atom is -0.469 e. The van der Waals surface area contributed by atoms with Crippen LogP contribution in [0.4, 0.5) is 13.2 Å². The fourth-order valence-electron chi connectivity index (χ4n) is 1.87. The summed E-state index contributed by atoms with van der Waals surface area (Å²) < 4.78 is 43.6. The SMILES string of the molecule is CCC(C)(CC(C)(CC)C(F)(F)F)C(=O)OC. The van der Waals surface area contributed by atoms with E-state index in [0.29, 0.717) is 6.42 Å². The molecule has 0 aromatic rings. The van der Waals surface area contributed by atoms with Crippen molar-refractivity contribution < 1.29 is 22.7 Å². The fraction of sp³-hybridized carbons (Fsp3) is 0.917. The molecule has 0 aliphatic heterocycles.